The number of aromatic hydroxyl groups is 1. The van der Waals surface area contributed by atoms with Gasteiger partial charge in [-0.2, -0.15) is 0 Å². The van der Waals surface area contributed by atoms with E-state index in [0.29, 0.717) is 11.4 Å². The van der Waals surface area contributed by atoms with E-state index >= 15 is 0 Å². The van der Waals surface area contributed by atoms with Crippen molar-refractivity contribution in [2.24, 2.45) is 5.92 Å². The Hall–Kier alpha value is -3.35. The summed E-state index contributed by atoms with van der Waals surface area (Å²) < 4.78 is 0. The van der Waals surface area contributed by atoms with Crippen LogP contribution in [-0.2, 0) is 0 Å². The highest BCUT2D eigenvalue weighted by Crippen LogP contribution is 2.34. The van der Waals surface area contributed by atoms with Crippen LogP contribution < -0.4 is 10.2 Å². The van der Waals surface area contributed by atoms with Crippen LogP contribution in [0.3, 0.4) is 0 Å². The Balaban J connectivity index is 1.75. The van der Waals surface area contributed by atoms with E-state index in [0.717, 1.165) is 48.2 Å². The average Bonchev–Trinajstić information content (AvgIpc) is 3.21. The monoisotopic (exact) mass is 406 g/mol. The van der Waals surface area contributed by atoms with Gasteiger partial charge in [-0.15, -0.1) is 0 Å². The van der Waals surface area contributed by atoms with Gasteiger partial charge in [-0.05, 0) is 55.5 Å². The molecule has 30 heavy (non-hydrogen) atoms. The van der Waals surface area contributed by atoms with Gasteiger partial charge in [-0.1, -0.05) is 25.1 Å². The zero-order chi connectivity index (χ0) is 21.3. The molecule has 1 aliphatic rings. The minimum absolute atomic E-state index is 0.0829. The van der Waals surface area contributed by atoms with E-state index in [4.69, 9.17) is 15.1 Å². The van der Waals surface area contributed by atoms with Crippen molar-refractivity contribution in [3.8, 4) is 17.1 Å². The molecule has 3 N–H and O–H groups in total. The minimum Gasteiger partial charge on any atom is -0.507 e. The number of phenols is 1. The fraction of sp³-hybridized carbons (Fsp3) is 0.348. The minimum atomic E-state index is -0.981. The van der Waals surface area contributed by atoms with Gasteiger partial charge in [0.2, 0.25) is 0 Å². The highest BCUT2D eigenvalue weighted by Gasteiger charge is 2.31. The van der Waals surface area contributed by atoms with Crippen LogP contribution in [0, 0.1) is 12.8 Å². The molecule has 2 aromatic carbocycles. The molecule has 4 rings (SSSR count). The summed E-state index contributed by atoms with van der Waals surface area (Å²) in [5.74, 6) is 1.67. The van der Waals surface area contributed by atoms with Gasteiger partial charge in [0, 0.05) is 24.5 Å². The molecule has 2 unspecified atom stereocenters. The number of fused-ring (bicyclic) bond motifs is 1. The molecule has 2 heterocycles. The van der Waals surface area contributed by atoms with Crippen LogP contribution in [0.4, 0.5) is 10.6 Å². The van der Waals surface area contributed by atoms with Gasteiger partial charge in [-0.3, -0.25) is 0 Å². The molecule has 0 aliphatic carbocycles. The quantitative estimate of drug-likeness (QED) is 0.588. The average molecular weight is 406 g/mol. The number of anilines is 1. The van der Waals surface area contributed by atoms with Crippen molar-refractivity contribution in [1.82, 2.24) is 15.3 Å². The van der Waals surface area contributed by atoms with Gasteiger partial charge in [-0.25, -0.2) is 14.8 Å². The number of benzene rings is 2. The van der Waals surface area contributed by atoms with Gasteiger partial charge in [0.05, 0.1) is 11.1 Å². The van der Waals surface area contributed by atoms with Crippen LogP contribution in [0.25, 0.3) is 22.3 Å². The number of hydrogen-bond donors (Lipinski definition) is 3. The normalized spacial score (nSPS) is 17.3. The summed E-state index contributed by atoms with van der Waals surface area (Å²) in [6.45, 7) is 5.54. The predicted molar refractivity (Wildman–Crippen MR) is 117 cm³/mol. The number of aromatic nitrogens is 2. The predicted octanol–water partition coefficient (Wildman–Crippen LogP) is 4.18. The molecule has 0 spiro atoms. The molecular formula is C23H26N4O3. The summed E-state index contributed by atoms with van der Waals surface area (Å²) in [6.07, 6.45) is 0.657. The number of nitrogens with zero attached hydrogens (tertiary/aromatic N) is 3. The number of nitrogens with one attached hydrogen (secondary N) is 1. The van der Waals surface area contributed by atoms with Gasteiger partial charge in [0.25, 0.3) is 0 Å². The van der Waals surface area contributed by atoms with Gasteiger partial charge >= 0.3 is 6.09 Å². The molecule has 1 fully saturated rings. The number of carbonyl (C=O) groups is 1. The largest absolute Gasteiger partial charge is 0.507 e. The van der Waals surface area contributed by atoms with E-state index in [1.807, 2.05) is 44.2 Å². The summed E-state index contributed by atoms with van der Waals surface area (Å²) >= 11 is 0. The van der Waals surface area contributed by atoms with Gasteiger partial charge in [0.15, 0.2) is 5.82 Å². The molecule has 1 aliphatic heterocycles. The van der Waals surface area contributed by atoms with E-state index < -0.39 is 6.09 Å². The molecule has 1 amide bonds. The zero-order valence-electron chi connectivity index (χ0n) is 17.2. The maximum absolute atomic E-state index is 11.1. The second kappa shape index (κ2) is 8.18. The van der Waals surface area contributed by atoms with E-state index in [9.17, 15) is 9.90 Å². The Bertz CT molecular complexity index is 1090. The molecule has 7 nitrogen and oxygen atoms in total. The number of carboxylic acid groups (broad SMARTS) is 1. The fourth-order valence-corrected chi connectivity index (χ4v) is 4.27. The number of phenolic OH excluding ortho intramolecular Hbond substituents is 1. The first-order chi connectivity index (χ1) is 14.5. The third-order valence-corrected chi connectivity index (χ3v) is 5.82. The molecule has 0 bridgehead atoms. The van der Waals surface area contributed by atoms with Crippen molar-refractivity contribution in [3.05, 3.63) is 48.0 Å². The van der Waals surface area contributed by atoms with Crippen molar-refractivity contribution in [1.29, 1.82) is 0 Å². The van der Waals surface area contributed by atoms with Crippen LogP contribution in [-0.4, -0.2) is 45.4 Å². The molecule has 0 saturated carbocycles. The van der Waals surface area contributed by atoms with E-state index in [-0.39, 0.29) is 17.7 Å². The van der Waals surface area contributed by atoms with Crippen molar-refractivity contribution in [3.63, 3.8) is 0 Å². The maximum atomic E-state index is 11.1. The number of rotatable bonds is 5. The molecule has 1 aromatic heterocycles. The molecule has 1 saturated heterocycles. The highest BCUT2D eigenvalue weighted by atomic mass is 16.4. The lowest BCUT2D eigenvalue weighted by molar-refractivity contribution is 0.184. The standard InChI is InChI=1S/C23H26N4O3/c1-3-18(25-23(29)30)15-10-11-27(13-15)22-16-9-8-14(2)12-19(16)24-21(26-22)17-6-4-5-7-20(17)28/h4-9,12,15,18,25,28H,3,10-11,13H2,1-2H3,(H,29,30). The maximum Gasteiger partial charge on any atom is 0.404 e. The summed E-state index contributed by atoms with van der Waals surface area (Å²) in [5.41, 5.74) is 2.53. The number of aryl methyl sites for hydroxylation is 1. The zero-order valence-corrected chi connectivity index (χ0v) is 17.2. The lowest BCUT2D eigenvalue weighted by Gasteiger charge is -2.24. The van der Waals surface area contributed by atoms with Crippen LogP contribution in [0.15, 0.2) is 42.5 Å². The Morgan fingerprint density at radius 3 is 2.80 bits per heavy atom. The lowest BCUT2D eigenvalue weighted by Crippen LogP contribution is -2.40. The first-order valence-electron chi connectivity index (χ1n) is 10.3. The Labute approximate surface area is 175 Å². The second-order valence-electron chi connectivity index (χ2n) is 7.87. The van der Waals surface area contributed by atoms with Crippen molar-refractivity contribution >= 4 is 22.8 Å². The lowest BCUT2D eigenvalue weighted by atomic mass is 9.97. The molecule has 3 aromatic rings. The Morgan fingerprint density at radius 2 is 2.07 bits per heavy atom. The number of para-hydroxylation sites is 1. The van der Waals surface area contributed by atoms with Gasteiger partial charge in [0.1, 0.15) is 11.6 Å². The topological polar surface area (TPSA) is 98.6 Å². The summed E-state index contributed by atoms with van der Waals surface area (Å²) in [4.78, 5) is 22.9. The molecular weight excluding hydrogens is 380 g/mol. The summed E-state index contributed by atoms with van der Waals surface area (Å²) in [6, 6.07) is 13.1. The summed E-state index contributed by atoms with van der Waals surface area (Å²) in [7, 11) is 0. The van der Waals surface area contributed by atoms with Crippen LogP contribution >= 0.6 is 0 Å². The van der Waals surface area contributed by atoms with Crippen molar-refractivity contribution in [2.75, 3.05) is 18.0 Å². The number of amides is 1. The highest BCUT2D eigenvalue weighted by molar-refractivity contribution is 5.92. The van der Waals surface area contributed by atoms with Crippen LogP contribution in [0.2, 0.25) is 0 Å². The van der Waals surface area contributed by atoms with Crippen molar-refractivity contribution in [2.45, 2.75) is 32.7 Å². The van der Waals surface area contributed by atoms with E-state index in [1.165, 1.54) is 0 Å². The van der Waals surface area contributed by atoms with Crippen LogP contribution in [0.1, 0.15) is 25.3 Å². The first kappa shape index (κ1) is 19.9. The number of hydrogen-bond acceptors (Lipinski definition) is 5. The fourth-order valence-electron chi connectivity index (χ4n) is 4.27. The molecule has 0 radical (unpaired) electrons. The Morgan fingerprint density at radius 1 is 1.27 bits per heavy atom. The summed E-state index contributed by atoms with van der Waals surface area (Å²) in [5, 5.41) is 23.1. The third-order valence-electron chi connectivity index (χ3n) is 5.82. The Kier molecular flexibility index (Phi) is 5.44. The molecule has 7 heteroatoms. The molecule has 2 atom stereocenters. The molecule has 156 valence electrons. The van der Waals surface area contributed by atoms with Crippen molar-refractivity contribution < 1.29 is 15.0 Å². The first-order valence-corrected chi connectivity index (χ1v) is 10.3. The SMILES string of the molecule is CCC(NC(=O)O)C1CCN(c2nc(-c3ccccc3O)nc3cc(C)ccc23)C1. The smallest absolute Gasteiger partial charge is 0.404 e. The second-order valence-corrected chi connectivity index (χ2v) is 7.87. The van der Waals surface area contributed by atoms with E-state index in [2.05, 4.69) is 10.2 Å². The van der Waals surface area contributed by atoms with Gasteiger partial charge < -0.3 is 20.4 Å². The van der Waals surface area contributed by atoms with Crippen LogP contribution in [0.5, 0.6) is 5.75 Å². The van der Waals surface area contributed by atoms with E-state index in [1.54, 1.807) is 12.1 Å². The third kappa shape index (κ3) is 3.87.